The maximum atomic E-state index is 8.86. The minimum absolute atomic E-state index is 0.193. The predicted octanol–water partition coefficient (Wildman–Crippen LogP) is 1.64. The Labute approximate surface area is 108 Å². The van der Waals surface area contributed by atoms with Crippen molar-refractivity contribution < 1.29 is 9.84 Å². The molecule has 0 saturated carbocycles. The molecule has 1 aromatic carbocycles. The molecule has 4 nitrogen and oxygen atoms in total. The number of benzene rings is 1. The summed E-state index contributed by atoms with van der Waals surface area (Å²) in [6.45, 7) is 5.45. The second-order valence-electron chi connectivity index (χ2n) is 4.00. The number of ether oxygens (including phenoxy) is 1. The minimum atomic E-state index is 0.193. The summed E-state index contributed by atoms with van der Waals surface area (Å²) in [4.78, 5) is 2.18. The van der Waals surface area contributed by atoms with E-state index in [4.69, 9.17) is 15.1 Å². The Kier molecular flexibility index (Phi) is 6.85. The number of rotatable bonds is 8. The Balaban J connectivity index is 2.27. The van der Waals surface area contributed by atoms with Gasteiger partial charge in [0.15, 0.2) is 0 Å². The van der Waals surface area contributed by atoms with Crippen molar-refractivity contribution in [3.63, 3.8) is 0 Å². The van der Waals surface area contributed by atoms with Crippen molar-refractivity contribution in [2.24, 2.45) is 0 Å². The molecule has 0 aliphatic heterocycles. The van der Waals surface area contributed by atoms with E-state index in [1.807, 2.05) is 12.1 Å². The monoisotopic (exact) mass is 248 g/mol. The number of hydrogen-bond acceptors (Lipinski definition) is 4. The minimum Gasteiger partial charge on any atom is -0.494 e. The molecule has 98 valence electrons. The molecular weight excluding hydrogens is 228 g/mol. The number of aliphatic hydroxyl groups is 1. The third-order valence-electron chi connectivity index (χ3n) is 2.71. The van der Waals surface area contributed by atoms with Crippen molar-refractivity contribution in [3.8, 4) is 11.8 Å². The zero-order valence-electron chi connectivity index (χ0n) is 10.8. The van der Waals surface area contributed by atoms with Gasteiger partial charge in [-0.05, 0) is 31.2 Å². The summed E-state index contributed by atoms with van der Waals surface area (Å²) in [5.74, 6) is 0.735. The fraction of sp³-hybridized carbons (Fsp3) is 0.500. The highest BCUT2D eigenvalue weighted by Crippen LogP contribution is 2.12. The Hall–Kier alpha value is -1.57. The molecule has 0 amide bonds. The van der Waals surface area contributed by atoms with Gasteiger partial charge in [-0.15, -0.1) is 0 Å². The van der Waals surface area contributed by atoms with E-state index in [2.05, 4.69) is 17.9 Å². The van der Waals surface area contributed by atoms with E-state index in [0.29, 0.717) is 18.7 Å². The fourth-order valence-electron chi connectivity index (χ4n) is 1.70. The second kappa shape index (κ2) is 8.51. The van der Waals surface area contributed by atoms with Crippen LogP contribution in [0.3, 0.4) is 0 Å². The van der Waals surface area contributed by atoms with Gasteiger partial charge in [-0.2, -0.15) is 5.26 Å². The van der Waals surface area contributed by atoms with E-state index < -0.39 is 0 Å². The van der Waals surface area contributed by atoms with Gasteiger partial charge in [-0.1, -0.05) is 13.0 Å². The van der Waals surface area contributed by atoms with Crippen LogP contribution in [-0.4, -0.2) is 42.9 Å². The molecule has 0 unspecified atom stereocenters. The highest BCUT2D eigenvalue weighted by atomic mass is 16.5. The molecule has 18 heavy (non-hydrogen) atoms. The van der Waals surface area contributed by atoms with Crippen LogP contribution in [0, 0.1) is 11.3 Å². The van der Waals surface area contributed by atoms with Crippen molar-refractivity contribution in [1.82, 2.24) is 4.90 Å². The Morgan fingerprint density at radius 2 is 2.22 bits per heavy atom. The van der Waals surface area contributed by atoms with Gasteiger partial charge in [0, 0.05) is 13.1 Å². The standard InChI is InChI=1S/C14H20N2O2/c1-2-16(8-9-17)7-4-10-18-14-6-3-5-13(11-14)12-15/h3,5-6,11,17H,2,4,7-10H2,1H3. The molecule has 0 aliphatic rings. The molecule has 0 aromatic heterocycles. The lowest BCUT2D eigenvalue weighted by Gasteiger charge is -2.18. The number of nitrogens with zero attached hydrogens (tertiary/aromatic N) is 2. The molecule has 0 saturated heterocycles. The first-order valence-corrected chi connectivity index (χ1v) is 6.26. The van der Waals surface area contributed by atoms with Crippen molar-refractivity contribution in [2.75, 3.05) is 32.8 Å². The summed E-state index contributed by atoms with van der Waals surface area (Å²) in [5, 5.41) is 17.6. The third-order valence-corrected chi connectivity index (χ3v) is 2.71. The van der Waals surface area contributed by atoms with Crippen LogP contribution in [0.2, 0.25) is 0 Å². The number of likely N-dealkylation sites (N-methyl/N-ethyl adjacent to an activating group) is 1. The van der Waals surface area contributed by atoms with Crippen molar-refractivity contribution in [1.29, 1.82) is 5.26 Å². The maximum absolute atomic E-state index is 8.86. The quantitative estimate of drug-likeness (QED) is 0.711. The van der Waals surface area contributed by atoms with Crippen LogP contribution in [-0.2, 0) is 0 Å². The molecule has 4 heteroatoms. The van der Waals surface area contributed by atoms with Gasteiger partial charge < -0.3 is 14.7 Å². The van der Waals surface area contributed by atoms with Gasteiger partial charge in [-0.3, -0.25) is 0 Å². The van der Waals surface area contributed by atoms with Crippen LogP contribution in [0.4, 0.5) is 0 Å². The van der Waals surface area contributed by atoms with Crippen molar-refractivity contribution in [2.45, 2.75) is 13.3 Å². The zero-order chi connectivity index (χ0) is 13.2. The first kappa shape index (κ1) is 14.5. The molecule has 1 aromatic rings. The zero-order valence-corrected chi connectivity index (χ0v) is 10.8. The lowest BCUT2D eigenvalue weighted by molar-refractivity contribution is 0.189. The van der Waals surface area contributed by atoms with Crippen LogP contribution in [0.15, 0.2) is 24.3 Å². The van der Waals surface area contributed by atoms with E-state index in [0.717, 1.165) is 25.3 Å². The predicted molar refractivity (Wildman–Crippen MR) is 70.5 cm³/mol. The first-order chi connectivity index (χ1) is 8.80. The summed E-state index contributed by atoms with van der Waals surface area (Å²) < 4.78 is 5.58. The molecule has 0 fully saturated rings. The van der Waals surface area contributed by atoms with E-state index in [-0.39, 0.29) is 6.61 Å². The summed E-state index contributed by atoms with van der Waals surface area (Å²) in [6, 6.07) is 9.25. The molecule has 1 rings (SSSR count). The van der Waals surface area contributed by atoms with Gasteiger partial charge in [0.2, 0.25) is 0 Å². The van der Waals surface area contributed by atoms with Gasteiger partial charge in [0.05, 0.1) is 24.8 Å². The normalized spacial score (nSPS) is 10.3. The van der Waals surface area contributed by atoms with E-state index in [1.165, 1.54) is 0 Å². The average Bonchev–Trinajstić information content (AvgIpc) is 2.42. The van der Waals surface area contributed by atoms with Gasteiger partial charge in [0.25, 0.3) is 0 Å². The summed E-state index contributed by atoms with van der Waals surface area (Å²) in [5.41, 5.74) is 0.614. The topological polar surface area (TPSA) is 56.5 Å². The summed E-state index contributed by atoms with van der Waals surface area (Å²) in [7, 11) is 0. The SMILES string of the molecule is CCN(CCO)CCCOc1cccc(C#N)c1. The summed E-state index contributed by atoms with van der Waals surface area (Å²) in [6.07, 6.45) is 0.907. The second-order valence-corrected chi connectivity index (χ2v) is 4.00. The summed E-state index contributed by atoms with van der Waals surface area (Å²) >= 11 is 0. The lowest BCUT2D eigenvalue weighted by atomic mass is 10.2. The van der Waals surface area contributed by atoms with Gasteiger partial charge in [-0.25, -0.2) is 0 Å². The molecule has 0 aliphatic carbocycles. The number of aliphatic hydroxyl groups excluding tert-OH is 1. The van der Waals surface area contributed by atoms with Crippen LogP contribution in [0.1, 0.15) is 18.9 Å². The van der Waals surface area contributed by atoms with Crippen molar-refractivity contribution in [3.05, 3.63) is 29.8 Å². The molecule has 0 heterocycles. The van der Waals surface area contributed by atoms with E-state index in [9.17, 15) is 0 Å². The van der Waals surface area contributed by atoms with Gasteiger partial charge >= 0.3 is 0 Å². The largest absolute Gasteiger partial charge is 0.494 e. The Morgan fingerprint density at radius 1 is 1.39 bits per heavy atom. The van der Waals surface area contributed by atoms with Crippen LogP contribution in [0.25, 0.3) is 0 Å². The van der Waals surface area contributed by atoms with E-state index in [1.54, 1.807) is 12.1 Å². The highest BCUT2D eigenvalue weighted by molar-refractivity contribution is 5.36. The van der Waals surface area contributed by atoms with Crippen LogP contribution >= 0.6 is 0 Å². The number of hydrogen-bond donors (Lipinski definition) is 1. The third kappa shape index (κ3) is 5.17. The molecular formula is C14H20N2O2. The fourth-order valence-corrected chi connectivity index (χ4v) is 1.70. The average molecular weight is 248 g/mol. The van der Waals surface area contributed by atoms with Gasteiger partial charge in [0.1, 0.15) is 5.75 Å². The molecule has 0 bridgehead atoms. The molecule has 1 N–H and O–H groups in total. The number of nitriles is 1. The van der Waals surface area contributed by atoms with Crippen molar-refractivity contribution >= 4 is 0 Å². The highest BCUT2D eigenvalue weighted by Gasteiger charge is 2.01. The smallest absolute Gasteiger partial charge is 0.120 e. The lowest BCUT2D eigenvalue weighted by Crippen LogP contribution is -2.28. The molecule has 0 atom stereocenters. The first-order valence-electron chi connectivity index (χ1n) is 6.26. The maximum Gasteiger partial charge on any atom is 0.120 e. The molecule has 0 radical (unpaired) electrons. The Bertz CT molecular complexity index is 388. The van der Waals surface area contributed by atoms with E-state index >= 15 is 0 Å². The van der Waals surface area contributed by atoms with Crippen LogP contribution < -0.4 is 4.74 Å². The Morgan fingerprint density at radius 3 is 2.89 bits per heavy atom. The molecule has 0 spiro atoms. The van der Waals surface area contributed by atoms with Crippen LogP contribution in [0.5, 0.6) is 5.75 Å².